The van der Waals surface area contributed by atoms with Crippen LogP contribution in [0.15, 0.2) is 39.5 Å². The molecule has 0 saturated carbocycles. The van der Waals surface area contributed by atoms with E-state index in [1.165, 1.54) is 0 Å². The lowest BCUT2D eigenvalue weighted by Crippen LogP contribution is -2.00. The van der Waals surface area contributed by atoms with Gasteiger partial charge in [0.05, 0.1) is 0 Å². The molecule has 1 aromatic heterocycles. The molecular weight excluding hydrogens is 292 g/mol. The van der Waals surface area contributed by atoms with Gasteiger partial charge in [-0.2, -0.15) is 0 Å². The second kappa shape index (κ2) is 4.59. The lowest BCUT2D eigenvalue weighted by atomic mass is 10.1. The van der Waals surface area contributed by atoms with Crippen molar-refractivity contribution in [3.8, 4) is 40.1 Å². The lowest BCUT2D eigenvalue weighted by molar-refractivity contribution is 0.368. The molecule has 0 bridgehead atoms. The zero-order chi connectivity index (χ0) is 16.0. The Morgan fingerprint density at radius 1 is 0.818 bits per heavy atom. The minimum atomic E-state index is -0.692. The smallest absolute Gasteiger partial charge is 0.200 e. The van der Waals surface area contributed by atoms with Crippen LogP contribution in [0.25, 0.3) is 22.3 Å². The van der Waals surface area contributed by atoms with E-state index in [9.17, 15) is 30.3 Å². The Balaban J connectivity index is 0.00000192. The summed E-state index contributed by atoms with van der Waals surface area (Å²) in [5, 5.41) is 47.4. The van der Waals surface area contributed by atoms with Crippen molar-refractivity contribution in [2.45, 2.75) is 0 Å². The molecule has 3 aromatic rings. The first kappa shape index (κ1) is 13.6. The molecule has 1 heterocycles. The van der Waals surface area contributed by atoms with Crippen molar-refractivity contribution in [2.75, 3.05) is 0 Å². The van der Waals surface area contributed by atoms with Gasteiger partial charge in [0.25, 0.3) is 0 Å². The van der Waals surface area contributed by atoms with E-state index in [0.717, 1.165) is 30.3 Å². The normalized spacial score (nSPS) is 10.9. The lowest BCUT2D eigenvalue weighted by Gasteiger charge is -2.07. The van der Waals surface area contributed by atoms with E-state index in [2.05, 4.69) is 0 Å². The number of hydrogen-bond donors (Lipinski definition) is 5. The van der Waals surface area contributed by atoms with Crippen LogP contribution in [0.3, 0.4) is 0 Å². The van der Waals surface area contributed by atoms with Crippen LogP contribution in [0.5, 0.6) is 28.7 Å². The van der Waals surface area contributed by atoms with Gasteiger partial charge in [-0.05, 0) is 12.1 Å². The number of rotatable bonds is 1. The molecule has 3 rings (SSSR count). The van der Waals surface area contributed by atoms with Crippen LogP contribution in [0.4, 0.5) is 0 Å². The molecule has 7 heteroatoms. The monoisotopic (exact) mass is 308 g/mol. The van der Waals surface area contributed by atoms with Gasteiger partial charge in [-0.3, -0.25) is 4.79 Å². The summed E-state index contributed by atoms with van der Waals surface area (Å²) in [6.07, 6.45) is 0. The average molecular weight is 308 g/mol. The van der Waals surface area contributed by atoms with Crippen molar-refractivity contribution >= 4 is 11.0 Å². The van der Waals surface area contributed by atoms with Crippen molar-refractivity contribution < 1.29 is 34.2 Å². The van der Waals surface area contributed by atoms with E-state index in [4.69, 9.17) is 4.42 Å². The third-order valence-electron chi connectivity index (χ3n) is 3.15. The summed E-state index contributed by atoms with van der Waals surface area (Å²) >= 11 is 0. The molecule has 0 saturated heterocycles. The number of aromatic hydroxyl groups is 5. The van der Waals surface area contributed by atoms with Crippen LogP contribution in [0.1, 0.15) is 4.28 Å². The van der Waals surface area contributed by atoms with Gasteiger partial charge in [0.1, 0.15) is 28.2 Å². The maximum absolute atomic E-state index is 12.1. The Morgan fingerprint density at radius 2 is 1.45 bits per heavy atom. The summed E-state index contributed by atoms with van der Waals surface area (Å²) in [4.78, 5) is 12.1. The van der Waals surface area contributed by atoms with Crippen LogP contribution in [0, 0.1) is 0 Å². The predicted molar refractivity (Wildman–Crippen MR) is 82.6 cm³/mol. The molecule has 0 aliphatic heterocycles. The second-order valence-electron chi connectivity index (χ2n) is 4.68. The fourth-order valence-corrected chi connectivity index (χ4v) is 2.14. The van der Waals surface area contributed by atoms with Crippen molar-refractivity contribution in [2.24, 2.45) is 0 Å². The molecule has 0 atom stereocenters. The van der Waals surface area contributed by atoms with E-state index in [0.29, 0.717) is 0 Å². The topological polar surface area (TPSA) is 131 Å². The Kier molecular flexibility index (Phi) is 2.84. The maximum Gasteiger partial charge on any atom is 0.200 e. The van der Waals surface area contributed by atoms with Crippen LogP contribution in [-0.4, -0.2) is 25.5 Å². The molecule has 0 amide bonds. The quantitative estimate of drug-likeness (QED) is 0.437. The number of benzene rings is 2. The Morgan fingerprint density at radius 3 is 2.09 bits per heavy atom. The Labute approximate surface area is 127 Å². The third kappa shape index (κ3) is 2.05. The van der Waals surface area contributed by atoms with Crippen LogP contribution in [0.2, 0.25) is 0 Å². The summed E-state index contributed by atoms with van der Waals surface area (Å²) in [6.45, 7) is 0. The van der Waals surface area contributed by atoms with Gasteiger partial charge in [0.2, 0.25) is 0 Å². The summed E-state index contributed by atoms with van der Waals surface area (Å²) in [5.41, 5.74) is -0.498. The largest absolute Gasteiger partial charge is 0.508 e. The molecule has 7 nitrogen and oxygen atoms in total. The first-order chi connectivity index (χ1) is 10.4. The van der Waals surface area contributed by atoms with Gasteiger partial charge in [-0.25, -0.2) is 0 Å². The number of hydrogen-bond acceptors (Lipinski definition) is 7. The third-order valence-corrected chi connectivity index (χ3v) is 3.15. The minimum Gasteiger partial charge on any atom is -0.508 e. The maximum atomic E-state index is 12.1. The van der Waals surface area contributed by atoms with Crippen molar-refractivity contribution in [3.63, 3.8) is 0 Å². The molecular formula is C15H16O7. The first-order valence-electron chi connectivity index (χ1n) is 6.12. The van der Waals surface area contributed by atoms with Crippen molar-refractivity contribution in [3.05, 3.63) is 40.6 Å². The van der Waals surface area contributed by atoms with Crippen molar-refractivity contribution in [1.82, 2.24) is 0 Å². The summed E-state index contributed by atoms with van der Waals surface area (Å²) in [5.74, 6) is -2.60. The molecule has 0 aliphatic carbocycles. The summed E-state index contributed by atoms with van der Waals surface area (Å²) in [7, 11) is 0. The fraction of sp³-hybridized carbons (Fsp3) is 0. The number of phenolic OH excluding ortho intramolecular Hbond substituents is 5. The van der Waals surface area contributed by atoms with Gasteiger partial charge >= 0.3 is 0 Å². The summed E-state index contributed by atoms with van der Waals surface area (Å²) < 4.78 is 5.42. The SMILES string of the molecule is O=c1cc(-c2cc(O)c(O)c(O)c2)oc2cc(O)cc(O)c12.[HH].[HH].[HH]. The van der Waals surface area contributed by atoms with Gasteiger partial charge in [0, 0.05) is 28.0 Å². The Bertz CT molecular complexity index is 946. The summed E-state index contributed by atoms with van der Waals surface area (Å²) in [6, 6.07) is 5.42. The highest BCUT2D eigenvalue weighted by Crippen LogP contribution is 2.39. The van der Waals surface area contributed by atoms with Crippen molar-refractivity contribution in [1.29, 1.82) is 0 Å². The zero-order valence-corrected chi connectivity index (χ0v) is 10.9. The predicted octanol–water partition coefficient (Wildman–Crippen LogP) is 2.73. The van der Waals surface area contributed by atoms with E-state index < -0.39 is 28.4 Å². The highest BCUT2D eigenvalue weighted by molar-refractivity contribution is 5.86. The molecule has 2 aromatic carbocycles. The van der Waals surface area contributed by atoms with Crippen LogP contribution < -0.4 is 5.43 Å². The number of fused-ring (bicyclic) bond motifs is 1. The number of phenols is 5. The van der Waals surface area contributed by atoms with Gasteiger partial charge in [-0.15, -0.1) is 0 Å². The van der Waals surface area contributed by atoms with Gasteiger partial charge < -0.3 is 29.9 Å². The molecule has 22 heavy (non-hydrogen) atoms. The molecule has 0 unspecified atom stereocenters. The van der Waals surface area contributed by atoms with E-state index in [-0.39, 0.29) is 32.3 Å². The minimum absolute atomic E-state index is 0. The van der Waals surface area contributed by atoms with Gasteiger partial charge in [0.15, 0.2) is 22.7 Å². The van der Waals surface area contributed by atoms with E-state index >= 15 is 0 Å². The average Bonchev–Trinajstić information content (AvgIpc) is 2.42. The highest BCUT2D eigenvalue weighted by Gasteiger charge is 2.15. The Hall–Kier alpha value is -3.35. The fourth-order valence-electron chi connectivity index (χ4n) is 2.14. The van der Waals surface area contributed by atoms with Crippen LogP contribution in [-0.2, 0) is 0 Å². The van der Waals surface area contributed by atoms with E-state index in [1.807, 2.05) is 0 Å². The van der Waals surface area contributed by atoms with Crippen LogP contribution >= 0.6 is 0 Å². The second-order valence-corrected chi connectivity index (χ2v) is 4.68. The molecule has 118 valence electrons. The highest BCUT2D eigenvalue weighted by atomic mass is 16.3. The molecule has 0 radical (unpaired) electrons. The first-order valence-corrected chi connectivity index (χ1v) is 6.12. The van der Waals surface area contributed by atoms with E-state index in [1.54, 1.807) is 0 Å². The zero-order valence-electron chi connectivity index (χ0n) is 10.9. The van der Waals surface area contributed by atoms with Gasteiger partial charge in [-0.1, -0.05) is 0 Å². The molecule has 0 aliphatic rings. The standard InChI is InChI=1S/C15H10O7.3H2/c16-7-3-8(17)14-9(18)5-12(22-13(14)4-7)6-1-10(19)15(21)11(20)2-6;;;/h1-5,16-17,19-21H;3*1H. The molecule has 0 fully saturated rings. The molecule has 5 N–H and O–H groups in total. The molecule has 0 spiro atoms.